The third-order valence-electron chi connectivity index (χ3n) is 2.61. The molecule has 0 aliphatic heterocycles. The molecule has 1 atom stereocenters. The number of halogens is 2. The van der Waals surface area contributed by atoms with Gasteiger partial charge in [0.1, 0.15) is 12.4 Å². The minimum absolute atomic E-state index is 0.0569. The van der Waals surface area contributed by atoms with Crippen molar-refractivity contribution in [2.75, 3.05) is 12.3 Å². The minimum Gasteiger partial charge on any atom is -0.385 e. The number of carbonyl (C=O) groups is 1. The molecule has 1 aromatic heterocycles. The summed E-state index contributed by atoms with van der Waals surface area (Å²) in [7, 11) is 0. The summed E-state index contributed by atoms with van der Waals surface area (Å²) in [4.78, 5) is 11.4. The number of thioether (sulfide) groups is 1. The summed E-state index contributed by atoms with van der Waals surface area (Å²) < 4.78 is 25.9. The average molecular weight is 292 g/mol. The van der Waals surface area contributed by atoms with E-state index in [4.69, 9.17) is 5.11 Å². The number of carbonyl (C=O) groups excluding carboxylic acids is 1. The van der Waals surface area contributed by atoms with Gasteiger partial charge in [-0.2, -0.15) is 0 Å². The van der Waals surface area contributed by atoms with Crippen LogP contribution in [0.5, 0.6) is 0 Å². The average Bonchev–Trinajstić information content (AvgIpc) is 3.12. The second kappa shape index (κ2) is 6.29. The van der Waals surface area contributed by atoms with Gasteiger partial charge < -0.3 is 15.0 Å². The van der Waals surface area contributed by atoms with Gasteiger partial charge in [0, 0.05) is 12.6 Å². The smallest absolute Gasteiger partial charge is 0.265 e. The molecule has 2 rings (SSSR count). The van der Waals surface area contributed by atoms with Crippen molar-refractivity contribution < 1.29 is 18.7 Å². The van der Waals surface area contributed by atoms with Crippen LogP contribution < -0.4 is 5.32 Å². The number of nitrogens with one attached hydrogen (secondary N) is 1. The Morgan fingerprint density at radius 1 is 1.63 bits per heavy atom. The molecule has 1 aromatic rings. The van der Waals surface area contributed by atoms with Gasteiger partial charge in [-0.3, -0.25) is 4.79 Å². The Kier molecular flexibility index (Phi) is 4.70. The van der Waals surface area contributed by atoms with Crippen LogP contribution in [0, 0.1) is 0 Å². The molecule has 0 spiro atoms. The molecule has 0 bridgehead atoms. The molecule has 1 aliphatic carbocycles. The fraction of sp³-hybridized carbons (Fsp3) is 0.700. The molecule has 1 saturated carbocycles. The largest absolute Gasteiger partial charge is 0.385 e. The van der Waals surface area contributed by atoms with Crippen molar-refractivity contribution in [2.45, 2.75) is 36.6 Å². The summed E-state index contributed by atoms with van der Waals surface area (Å²) >= 11 is 1.20. The molecule has 1 fully saturated rings. The predicted octanol–water partition coefficient (Wildman–Crippen LogP) is 0.447. The quantitative estimate of drug-likeness (QED) is 0.713. The molecule has 1 amide bonds. The van der Waals surface area contributed by atoms with E-state index in [1.165, 1.54) is 11.8 Å². The van der Waals surface area contributed by atoms with Crippen molar-refractivity contribution in [1.29, 1.82) is 0 Å². The van der Waals surface area contributed by atoms with Crippen LogP contribution in [-0.4, -0.2) is 50.6 Å². The van der Waals surface area contributed by atoms with Gasteiger partial charge in [0.05, 0.1) is 5.75 Å². The number of hydrogen-bond acceptors (Lipinski definition) is 5. The van der Waals surface area contributed by atoms with Gasteiger partial charge in [-0.1, -0.05) is 11.8 Å². The van der Waals surface area contributed by atoms with E-state index in [1.54, 1.807) is 6.33 Å². The van der Waals surface area contributed by atoms with E-state index in [0.29, 0.717) is 11.2 Å². The van der Waals surface area contributed by atoms with E-state index in [2.05, 4.69) is 15.5 Å². The molecular weight excluding hydrogens is 278 g/mol. The van der Waals surface area contributed by atoms with E-state index in [-0.39, 0.29) is 5.75 Å². The lowest BCUT2D eigenvalue weighted by Gasteiger charge is -2.10. The lowest BCUT2D eigenvalue weighted by atomic mass is 10.4. The molecule has 1 heterocycles. The Morgan fingerprint density at radius 2 is 2.37 bits per heavy atom. The summed E-state index contributed by atoms with van der Waals surface area (Å²) in [6.45, 7) is -0.452. The number of nitrogens with zero attached hydrogens (tertiary/aromatic N) is 3. The molecule has 1 aliphatic rings. The normalized spacial score (nSPS) is 16.6. The topological polar surface area (TPSA) is 80.0 Å². The Labute approximate surface area is 112 Å². The highest BCUT2D eigenvalue weighted by Crippen LogP contribution is 2.37. The van der Waals surface area contributed by atoms with E-state index in [1.807, 2.05) is 4.57 Å². The summed E-state index contributed by atoms with van der Waals surface area (Å²) in [6.07, 6.45) is -0.898. The highest BCUT2D eigenvalue weighted by atomic mass is 32.2. The lowest BCUT2D eigenvalue weighted by molar-refractivity contribution is -0.119. The van der Waals surface area contributed by atoms with Gasteiger partial charge in [-0.05, 0) is 12.8 Å². The summed E-state index contributed by atoms with van der Waals surface area (Å²) in [5.74, 6) is -0.364. The first-order chi connectivity index (χ1) is 9.08. The number of hydrogen-bond donors (Lipinski definition) is 2. The first kappa shape index (κ1) is 14.2. The highest BCUT2D eigenvalue weighted by molar-refractivity contribution is 7.99. The van der Waals surface area contributed by atoms with Crippen LogP contribution in [0.2, 0.25) is 0 Å². The summed E-state index contributed by atoms with van der Waals surface area (Å²) in [5, 5.41) is 19.4. The monoisotopic (exact) mass is 292 g/mol. The maximum Gasteiger partial charge on any atom is 0.265 e. The lowest BCUT2D eigenvalue weighted by Crippen LogP contribution is -2.36. The molecule has 1 unspecified atom stereocenters. The van der Waals surface area contributed by atoms with Crippen LogP contribution in [0.15, 0.2) is 11.5 Å². The Morgan fingerprint density at radius 3 is 3.00 bits per heavy atom. The standard InChI is InChI=1S/C10H14F2N4O2S/c11-9(12)7(17)3-13-8(18)4-19-10-15-14-5-16(10)6-1-2-6/h5-7,9,17H,1-4H2,(H,13,18). The third kappa shape index (κ3) is 4.13. The van der Waals surface area contributed by atoms with Crippen LogP contribution >= 0.6 is 11.8 Å². The van der Waals surface area contributed by atoms with Gasteiger partial charge in [0.25, 0.3) is 6.43 Å². The van der Waals surface area contributed by atoms with Gasteiger partial charge in [0.2, 0.25) is 5.91 Å². The molecule has 0 aromatic carbocycles. The van der Waals surface area contributed by atoms with Crippen molar-refractivity contribution in [3.63, 3.8) is 0 Å². The van der Waals surface area contributed by atoms with Crippen molar-refractivity contribution in [2.24, 2.45) is 0 Å². The zero-order valence-corrected chi connectivity index (χ0v) is 10.8. The molecule has 2 N–H and O–H groups in total. The van der Waals surface area contributed by atoms with E-state index in [0.717, 1.165) is 12.8 Å². The van der Waals surface area contributed by atoms with Crippen LogP contribution in [-0.2, 0) is 4.79 Å². The number of alkyl halides is 2. The zero-order chi connectivity index (χ0) is 13.8. The zero-order valence-electron chi connectivity index (χ0n) is 10.00. The number of amides is 1. The van der Waals surface area contributed by atoms with Gasteiger partial charge >= 0.3 is 0 Å². The minimum atomic E-state index is -2.86. The molecule has 0 radical (unpaired) electrons. The fourth-order valence-electron chi connectivity index (χ4n) is 1.43. The third-order valence-corrected chi connectivity index (χ3v) is 3.57. The van der Waals surface area contributed by atoms with E-state index < -0.39 is 25.0 Å². The first-order valence-electron chi connectivity index (χ1n) is 5.83. The van der Waals surface area contributed by atoms with E-state index in [9.17, 15) is 13.6 Å². The molecule has 0 saturated heterocycles. The molecule has 9 heteroatoms. The van der Waals surface area contributed by atoms with Crippen LogP contribution in [0.1, 0.15) is 18.9 Å². The maximum absolute atomic E-state index is 12.0. The molecule has 6 nitrogen and oxygen atoms in total. The second-order valence-corrected chi connectivity index (χ2v) is 5.19. The van der Waals surface area contributed by atoms with Gasteiger partial charge in [-0.25, -0.2) is 8.78 Å². The second-order valence-electron chi connectivity index (χ2n) is 4.25. The molecule has 106 valence electrons. The Bertz CT molecular complexity index is 439. The van der Waals surface area contributed by atoms with Crippen molar-refractivity contribution >= 4 is 17.7 Å². The van der Waals surface area contributed by atoms with Gasteiger partial charge in [-0.15, -0.1) is 10.2 Å². The fourth-order valence-corrected chi connectivity index (χ4v) is 2.24. The van der Waals surface area contributed by atoms with Crippen LogP contribution in [0.3, 0.4) is 0 Å². The van der Waals surface area contributed by atoms with Gasteiger partial charge in [0.15, 0.2) is 5.16 Å². The first-order valence-corrected chi connectivity index (χ1v) is 6.81. The predicted molar refractivity (Wildman–Crippen MR) is 64.0 cm³/mol. The maximum atomic E-state index is 12.0. The van der Waals surface area contributed by atoms with Crippen LogP contribution in [0.4, 0.5) is 8.78 Å². The summed E-state index contributed by atoms with van der Waals surface area (Å²) in [5.41, 5.74) is 0. The SMILES string of the molecule is O=C(CSc1nncn1C1CC1)NCC(O)C(F)F. The van der Waals surface area contributed by atoms with Crippen molar-refractivity contribution in [3.05, 3.63) is 6.33 Å². The number of rotatable bonds is 7. The van der Waals surface area contributed by atoms with Crippen LogP contribution in [0.25, 0.3) is 0 Å². The number of aliphatic hydroxyl groups is 1. The Hall–Kier alpha value is -1.22. The highest BCUT2D eigenvalue weighted by Gasteiger charge is 2.26. The summed E-state index contributed by atoms with van der Waals surface area (Å²) in [6, 6.07) is 0.418. The van der Waals surface area contributed by atoms with E-state index >= 15 is 0 Å². The number of aliphatic hydroxyl groups excluding tert-OH is 1. The van der Waals surface area contributed by atoms with Crippen molar-refractivity contribution in [3.8, 4) is 0 Å². The van der Waals surface area contributed by atoms with Crippen molar-refractivity contribution in [1.82, 2.24) is 20.1 Å². The number of aromatic nitrogens is 3. The Balaban J connectivity index is 1.72. The molecule has 19 heavy (non-hydrogen) atoms. The molecular formula is C10H14F2N4O2S.